The Morgan fingerprint density at radius 3 is 2.60 bits per heavy atom. The van der Waals surface area contributed by atoms with Gasteiger partial charge >= 0.3 is 0 Å². The molecule has 2 aliphatic heterocycles. The maximum absolute atomic E-state index is 5.64. The maximum Gasteiger partial charge on any atom is 0.231 e. The van der Waals surface area contributed by atoms with Crippen LogP contribution in [0.5, 0.6) is 23.0 Å². The number of ether oxygens (including phenoxy) is 4. The predicted octanol–water partition coefficient (Wildman–Crippen LogP) is 4.09. The van der Waals surface area contributed by atoms with Gasteiger partial charge in [-0.2, -0.15) is 0 Å². The van der Waals surface area contributed by atoms with Crippen molar-refractivity contribution in [2.75, 3.05) is 20.6 Å². The van der Waals surface area contributed by atoms with E-state index in [1.165, 1.54) is 11.1 Å². The van der Waals surface area contributed by atoms with Crippen molar-refractivity contribution in [1.82, 2.24) is 0 Å². The van der Waals surface area contributed by atoms with Gasteiger partial charge in [-0.05, 0) is 64.5 Å². The third-order valence-electron chi connectivity index (χ3n) is 4.38. The van der Waals surface area contributed by atoms with E-state index in [2.05, 4.69) is 39.1 Å². The van der Waals surface area contributed by atoms with Gasteiger partial charge in [-0.1, -0.05) is 12.1 Å². The zero-order valence-electron chi connectivity index (χ0n) is 13.9. The molecule has 2 heterocycles. The van der Waals surface area contributed by atoms with Gasteiger partial charge in [0.05, 0.1) is 5.56 Å². The Balaban J connectivity index is 1.50. The monoisotopic (exact) mass is 403 g/mol. The fourth-order valence-corrected chi connectivity index (χ4v) is 3.57. The molecule has 0 N–H and O–H groups in total. The number of aryl methyl sites for hydroxylation is 2. The number of aliphatic imine (C=N–C) groups is 1. The number of fused-ring (bicyclic) bond motifs is 2. The van der Waals surface area contributed by atoms with Crippen molar-refractivity contribution in [3.8, 4) is 23.0 Å². The molecular formula is C19H18BrNO4. The predicted molar refractivity (Wildman–Crippen MR) is 98.5 cm³/mol. The SMILES string of the molecule is C/N=C(/Br)c1c(CCCc2ccc3c(c2)OCO3)ccc2c1OCO2. The number of hydrogen-bond acceptors (Lipinski definition) is 5. The largest absolute Gasteiger partial charge is 0.454 e. The van der Waals surface area contributed by atoms with Gasteiger partial charge < -0.3 is 18.9 Å². The average molecular weight is 404 g/mol. The molecule has 0 saturated heterocycles. The molecule has 0 spiro atoms. The minimum Gasteiger partial charge on any atom is -0.454 e. The fraction of sp³-hybridized carbons (Fsp3) is 0.316. The van der Waals surface area contributed by atoms with Crippen LogP contribution in [0.3, 0.4) is 0 Å². The van der Waals surface area contributed by atoms with Gasteiger partial charge in [-0.15, -0.1) is 0 Å². The lowest BCUT2D eigenvalue weighted by Gasteiger charge is -2.11. The molecule has 6 heteroatoms. The normalized spacial score (nSPS) is 14.9. The Hall–Kier alpha value is -2.21. The van der Waals surface area contributed by atoms with Crippen LogP contribution < -0.4 is 18.9 Å². The molecule has 2 aromatic carbocycles. The second-order valence-corrected chi connectivity index (χ2v) is 6.64. The van der Waals surface area contributed by atoms with E-state index in [1.54, 1.807) is 7.05 Å². The molecular weight excluding hydrogens is 386 g/mol. The summed E-state index contributed by atoms with van der Waals surface area (Å²) in [6, 6.07) is 10.2. The molecule has 2 aromatic rings. The third-order valence-corrected chi connectivity index (χ3v) is 5.13. The highest BCUT2D eigenvalue weighted by Crippen LogP contribution is 2.39. The Bertz CT molecular complexity index is 834. The molecule has 0 aromatic heterocycles. The number of benzene rings is 2. The van der Waals surface area contributed by atoms with Crippen molar-refractivity contribution >= 4 is 20.6 Å². The van der Waals surface area contributed by atoms with E-state index < -0.39 is 0 Å². The molecule has 0 amide bonds. The van der Waals surface area contributed by atoms with Crippen LogP contribution in [-0.4, -0.2) is 25.3 Å². The lowest BCUT2D eigenvalue weighted by Crippen LogP contribution is -2.02. The topological polar surface area (TPSA) is 49.3 Å². The molecule has 25 heavy (non-hydrogen) atoms. The van der Waals surface area contributed by atoms with E-state index in [9.17, 15) is 0 Å². The Morgan fingerprint density at radius 2 is 1.72 bits per heavy atom. The van der Waals surface area contributed by atoms with Gasteiger partial charge in [0.2, 0.25) is 13.6 Å². The van der Waals surface area contributed by atoms with E-state index in [-0.39, 0.29) is 6.79 Å². The molecule has 0 unspecified atom stereocenters. The maximum atomic E-state index is 5.64. The first-order chi connectivity index (χ1) is 12.3. The molecule has 0 bridgehead atoms. The summed E-state index contributed by atoms with van der Waals surface area (Å²) in [5.74, 6) is 3.21. The number of nitrogens with zero attached hydrogens (tertiary/aromatic N) is 1. The third kappa shape index (κ3) is 3.18. The van der Waals surface area contributed by atoms with Gasteiger partial charge in [-0.25, -0.2) is 0 Å². The molecule has 4 rings (SSSR count). The van der Waals surface area contributed by atoms with Gasteiger partial charge in [0, 0.05) is 7.05 Å². The van der Waals surface area contributed by atoms with E-state index in [0.29, 0.717) is 6.79 Å². The molecule has 0 aliphatic carbocycles. The summed E-state index contributed by atoms with van der Waals surface area (Å²) in [4.78, 5) is 4.27. The summed E-state index contributed by atoms with van der Waals surface area (Å²) in [6.45, 7) is 0.566. The van der Waals surface area contributed by atoms with Crippen molar-refractivity contribution in [2.24, 2.45) is 4.99 Å². The second-order valence-electron chi connectivity index (χ2n) is 5.89. The minimum absolute atomic E-state index is 0.257. The lowest BCUT2D eigenvalue weighted by molar-refractivity contribution is 0.173. The second kappa shape index (κ2) is 6.96. The van der Waals surface area contributed by atoms with Crippen LogP contribution in [0.1, 0.15) is 23.1 Å². The van der Waals surface area contributed by atoms with Crippen LogP contribution in [0.2, 0.25) is 0 Å². The fourth-order valence-electron chi connectivity index (χ4n) is 3.14. The molecule has 5 nitrogen and oxygen atoms in total. The van der Waals surface area contributed by atoms with E-state index in [0.717, 1.165) is 52.4 Å². The number of rotatable bonds is 5. The zero-order valence-corrected chi connectivity index (χ0v) is 15.5. The zero-order chi connectivity index (χ0) is 17.2. The molecule has 130 valence electrons. The van der Waals surface area contributed by atoms with Crippen LogP contribution in [0.15, 0.2) is 35.3 Å². The molecule has 0 atom stereocenters. The Labute approximate surface area is 154 Å². The van der Waals surface area contributed by atoms with Gasteiger partial charge in [0.25, 0.3) is 0 Å². The summed E-state index contributed by atoms with van der Waals surface area (Å²) in [6.07, 6.45) is 2.90. The van der Waals surface area contributed by atoms with E-state index >= 15 is 0 Å². The first-order valence-corrected chi connectivity index (χ1v) is 8.98. The van der Waals surface area contributed by atoms with Crippen LogP contribution >= 0.6 is 15.9 Å². The highest BCUT2D eigenvalue weighted by Gasteiger charge is 2.23. The highest BCUT2D eigenvalue weighted by atomic mass is 79.9. The Morgan fingerprint density at radius 1 is 0.960 bits per heavy atom. The number of hydrogen-bond donors (Lipinski definition) is 0. The van der Waals surface area contributed by atoms with Crippen molar-refractivity contribution in [2.45, 2.75) is 19.3 Å². The van der Waals surface area contributed by atoms with Crippen LogP contribution in [-0.2, 0) is 12.8 Å². The van der Waals surface area contributed by atoms with Gasteiger partial charge in [0.1, 0.15) is 4.62 Å². The molecule has 0 saturated carbocycles. The van der Waals surface area contributed by atoms with Crippen LogP contribution in [0.4, 0.5) is 0 Å². The first kappa shape index (κ1) is 16.3. The summed E-state index contributed by atoms with van der Waals surface area (Å²) >= 11 is 3.54. The molecule has 0 radical (unpaired) electrons. The average Bonchev–Trinajstić information content (AvgIpc) is 3.29. The van der Waals surface area contributed by atoms with Crippen molar-refractivity contribution in [1.29, 1.82) is 0 Å². The smallest absolute Gasteiger partial charge is 0.231 e. The standard InChI is InChI=1S/C19H18BrNO4/c1-21-19(20)17-13(6-8-15-18(17)25-11-23-15)4-2-3-12-5-7-14-16(9-12)24-10-22-14/h5-9H,2-4,10-11H2,1H3/b21-19+. The minimum atomic E-state index is 0.257. The summed E-state index contributed by atoms with van der Waals surface area (Å²) in [7, 11) is 1.76. The first-order valence-electron chi connectivity index (χ1n) is 8.19. The van der Waals surface area contributed by atoms with E-state index in [1.807, 2.05) is 12.1 Å². The summed E-state index contributed by atoms with van der Waals surface area (Å²) in [5, 5.41) is 0. The van der Waals surface area contributed by atoms with Crippen LogP contribution in [0.25, 0.3) is 0 Å². The summed E-state index contributed by atoms with van der Waals surface area (Å²) < 4.78 is 22.7. The van der Waals surface area contributed by atoms with Gasteiger partial charge in [-0.3, -0.25) is 4.99 Å². The Kier molecular flexibility index (Phi) is 4.53. The van der Waals surface area contributed by atoms with Crippen molar-refractivity contribution in [3.63, 3.8) is 0 Å². The quantitative estimate of drug-likeness (QED) is 0.705. The van der Waals surface area contributed by atoms with Crippen molar-refractivity contribution in [3.05, 3.63) is 47.0 Å². The molecule has 2 aliphatic rings. The van der Waals surface area contributed by atoms with Gasteiger partial charge in [0.15, 0.2) is 23.0 Å². The van der Waals surface area contributed by atoms with Crippen LogP contribution in [0, 0.1) is 0 Å². The van der Waals surface area contributed by atoms with E-state index in [4.69, 9.17) is 18.9 Å². The number of halogens is 1. The highest BCUT2D eigenvalue weighted by molar-refractivity contribution is 9.18. The summed E-state index contributed by atoms with van der Waals surface area (Å²) in [5.41, 5.74) is 3.43. The van der Waals surface area contributed by atoms with Crippen molar-refractivity contribution < 1.29 is 18.9 Å². The molecule has 0 fully saturated rings. The lowest BCUT2D eigenvalue weighted by atomic mass is 9.99.